The van der Waals surface area contributed by atoms with E-state index in [9.17, 15) is 9.59 Å². The standard InChI is InChI=1S/C54H74O6/c1-3-5-7-9-12-18-43-24-28-45(29-25-43)20-16-40-57-50-36-32-48(33-37-50)53(55)59-42-52(47-22-14-11-15-23-47)60-54(56)49-34-38-51(39-35-49)58-41-17-21-46-30-26-44(27-31-46)19-13-10-8-6-4-2/h11,14-17,20-23,32-39,43-46,52H,3-10,12-13,18-19,24-31,40-42H2,1-2H3/t43?,44?,45?,46?,52-/m0/s1. The Labute approximate surface area is 362 Å². The number of esters is 2. The fraction of sp³-hybridized carbons (Fsp3) is 0.556. The summed E-state index contributed by atoms with van der Waals surface area (Å²) in [6.45, 7) is 5.43. The number of rotatable bonds is 26. The Bertz CT molecular complexity index is 1660. The van der Waals surface area contributed by atoms with Crippen LogP contribution in [0.2, 0.25) is 0 Å². The van der Waals surface area contributed by atoms with Gasteiger partial charge in [-0.2, -0.15) is 0 Å². The molecule has 3 aromatic rings. The number of hydrogen-bond acceptors (Lipinski definition) is 6. The van der Waals surface area contributed by atoms with Crippen LogP contribution in [-0.4, -0.2) is 31.8 Å². The molecule has 326 valence electrons. The maximum absolute atomic E-state index is 13.3. The molecular weight excluding hydrogens is 745 g/mol. The lowest BCUT2D eigenvalue weighted by Crippen LogP contribution is -2.19. The van der Waals surface area contributed by atoms with Crippen molar-refractivity contribution in [2.75, 3.05) is 19.8 Å². The molecule has 6 heteroatoms. The summed E-state index contributed by atoms with van der Waals surface area (Å²) < 4.78 is 23.5. The van der Waals surface area contributed by atoms with Crippen molar-refractivity contribution in [3.8, 4) is 11.5 Å². The largest absolute Gasteiger partial charge is 0.490 e. The Kier molecular flexibility index (Phi) is 21.4. The zero-order valence-electron chi connectivity index (χ0n) is 36.9. The van der Waals surface area contributed by atoms with Gasteiger partial charge in [-0.3, -0.25) is 0 Å². The smallest absolute Gasteiger partial charge is 0.338 e. The molecule has 0 radical (unpaired) electrons. The summed E-state index contributed by atoms with van der Waals surface area (Å²) >= 11 is 0. The summed E-state index contributed by atoms with van der Waals surface area (Å²) in [5.41, 5.74) is 1.54. The highest BCUT2D eigenvalue weighted by atomic mass is 16.6. The number of allylic oxidation sites excluding steroid dienone is 2. The van der Waals surface area contributed by atoms with Gasteiger partial charge in [0.25, 0.3) is 0 Å². The highest BCUT2D eigenvalue weighted by molar-refractivity contribution is 5.90. The van der Waals surface area contributed by atoms with Crippen LogP contribution in [-0.2, 0) is 9.47 Å². The van der Waals surface area contributed by atoms with Gasteiger partial charge in [0.05, 0.1) is 11.1 Å². The number of hydrogen-bond donors (Lipinski definition) is 0. The van der Waals surface area contributed by atoms with Crippen molar-refractivity contribution in [2.24, 2.45) is 23.7 Å². The number of benzene rings is 3. The van der Waals surface area contributed by atoms with Crippen LogP contribution >= 0.6 is 0 Å². The molecule has 2 aliphatic carbocycles. The summed E-state index contributed by atoms with van der Waals surface area (Å²) in [5, 5.41) is 0. The average Bonchev–Trinajstić information content (AvgIpc) is 3.29. The van der Waals surface area contributed by atoms with Crippen molar-refractivity contribution >= 4 is 11.9 Å². The number of ether oxygens (including phenoxy) is 4. The predicted molar refractivity (Wildman–Crippen MR) is 245 cm³/mol. The quantitative estimate of drug-likeness (QED) is 0.0456. The first-order valence-electron chi connectivity index (χ1n) is 23.7. The SMILES string of the molecule is CCCCCCCC1CCC(C=CCOc2ccc(C(=O)OC[C@H](OC(=O)c3ccc(OCC=CC4CCC(CCCCCCC)CC4)cc3)c3ccccc3)cc2)CC1. The summed E-state index contributed by atoms with van der Waals surface area (Å²) in [7, 11) is 0. The van der Waals surface area contributed by atoms with E-state index in [0.717, 1.165) is 17.4 Å². The van der Waals surface area contributed by atoms with Crippen molar-refractivity contribution in [1.82, 2.24) is 0 Å². The topological polar surface area (TPSA) is 71.1 Å². The van der Waals surface area contributed by atoms with Gasteiger partial charge in [0, 0.05) is 0 Å². The Morgan fingerprint density at radius 2 is 1.00 bits per heavy atom. The van der Waals surface area contributed by atoms with E-state index >= 15 is 0 Å². The number of carbonyl (C=O) groups excluding carboxylic acids is 2. The Balaban J connectivity index is 0.996. The maximum Gasteiger partial charge on any atom is 0.338 e. The molecular formula is C54H74O6. The first kappa shape index (κ1) is 46.7. The van der Waals surface area contributed by atoms with Gasteiger partial charge in [0.15, 0.2) is 6.10 Å². The molecule has 0 amide bonds. The molecule has 2 fully saturated rings. The van der Waals surface area contributed by atoms with Gasteiger partial charge in [-0.05, 0) is 129 Å². The summed E-state index contributed by atoms with van der Waals surface area (Å²) in [6, 6.07) is 23.3. The molecule has 0 heterocycles. The second-order valence-corrected chi connectivity index (χ2v) is 17.4. The molecule has 2 aliphatic rings. The number of unbranched alkanes of at least 4 members (excludes halogenated alkanes) is 8. The van der Waals surface area contributed by atoms with E-state index in [1.165, 1.54) is 128 Å². The van der Waals surface area contributed by atoms with Crippen LogP contribution in [0.1, 0.15) is 175 Å². The minimum absolute atomic E-state index is 0.118. The Morgan fingerprint density at radius 3 is 1.47 bits per heavy atom. The monoisotopic (exact) mass is 819 g/mol. The Hall–Kier alpha value is -4.32. The fourth-order valence-electron chi connectivity index (χ4n) is 8.87. The Morgan fingerprint density at radius 1 is 0.550 bits per heavy atom. The van der Waals surface area contributed by atoms with Gasteiger partial charge in [-0.1, -0.05) is 146 Å². The van der Waals surface area contributed by atoms with Crippen molar-refractivity contribution in [2.45, 2.75) is 148 Å². The third-order valence-corrected chi connectivity index (χ3v) is 12.7. The van der Waals surface area contributed by atoms with Gasteiger partial charge < -0.3 is 18.9 Å². The number of carbonyl (C=O) groups is 2. The zero-order chi connectivity index (χ0) is 42.0. The first-order chi connectivity index (χ1) is 29.5. The van der Waals surface area contributed by atoms with E-state index in [4.69, 9.17) is 18.9 Å². The van der Waals surface area contributed by atoms with Crippen molar-refractivity contribution in [3.05, 3.63) is 120 Å². The van der Waals surface area contributed by atoms with Gasteiger partial charge >= 0.3 is 11.9 Å². The van der Waals surface area contributed by atoms with Crippen LogP contribution in [0.4, 0.5) is 0 Å². The molecule has 0 aliphatic heterocycles. The molecule has 0 bridgehead atoms. The summed E-state index contributed by atoms with van der Waals surface area (Å²) in [6.07, 6.45) is 35.1. The van der Waals surface area contributed by atoms with Crippen LogP contribution < -0.4 is 9.47 Å². The fourth-order valence-corrected chi connectivity index (χ4v) is 8.87. The lowest BCUT2D eigenvalue weighted by atomic mass is 9.79. The highest BCUT2D eigenvalue weighted by Crippen LogP contribution is 2.34. The van der Waals surface area contributed by atoms with E-state index in [2.05, 4.69) is 38.2 Å². The molecule has 2 saturated carbocycles. The van der Waals surface area contributed by atoms with E-state index < -0.39 is 18.0 Å². The van der Waals surface area contributed by atoms with Crippen LogP contribution in [0, 0.1) is 23.7 Å². The maximum atomic E-state index is 13.3. The van der Waals surface area contributed by atoms with Gasteiger partial charge in [-0.25, -0.2) is 9.59 Å². The molecule has 0 spiro atoms. The molecule has 3 aromatic carbocycles. The molecule has 60 heavy (non-hydrogen) atoms. The second-order valence-electron chi connectivity index (χ2n) is 17.4. The third-order valence-electron chi connectivity index (χ3n) is 12.7. The molecule has 0 saturated heterocycles. The lowest BCUT2D eigenvalue weighted by molar-refractivity contribution is -0.00134. The van der Waals surface area contributed by atoms with E-state index in [-0.39, 0.29) is 6.61 Å². The van der Waals surface area contributed by atoms with Gasteiger partial charge in [-0.15, -0.1) is 0 Å². The van der Waals surface area contributed by atoms with Crippen molar-refractivity contribution in [1.29, 1.82) is 0 Å². The summed E-state index contributed by atoms with van der Waals surface area (Å²) in [4.78, 5) is 26.4. The van der Waals surface area contributed by atoms with E-state index in [1.807, 2.05) is 30.3 Å². The zero-order valence-corrected chi connectivity index (χ0v) is 36.9. The van der Waals surface area contributed by atoms with Crippen LogP contribution in [0.5, 0.6) is 11.5 Å². The van der Waals surface area contributed by atoms with Crippen LogP contribution in [0.3, 0.4) is 0 Å². The molecule has 6 nitrogen and oxygen atoms in total. The van der Waals surface area contributed by atoms with Crippen molar-refractivity contribution < 1.29 is 28.5 Å². The van der Waals surface area contributed by atoms with Crippen LogP contribution in [0.15, 0.2) is 103 Å². The second kappa shape index (κ2) is 27.5. The van der Waals surface area contributed by atoms with E-state index in [1.54, 1.807) is 48.5 Å². The third kappa shape index (κ3) is 17.3. The minimum atomic E-state index is -0.774. The van der Waals surface area contributed by atoms with Crippen LogP contribution in [0.25, 0.3) is 0 Å². The predicted octanol–water partition coefficient (Wildman–Crippen LogP) is 14.6. The molecule has 5 rings (SSSR count). The molecule has 0 N–H and O–H groups in total. The highest BCUT2D eigenvalue weighted by Gasteiger charge is 2.22. The van der Waals surface area contributed by atoms with E-state index in [0.29, 0.717) is 47.7 Å². The first-order valence-corrected chi connectivity index (χ1v) is 23.7. The molecule has 0 aromatic heterocycles. The average molecular weight is 819 g/mol. The van der Waals surface area contributed by atoms with Gasteiger partial charge in [0.2, 0.25) is 0 Å². The van der Waals surface area contributed by atoms with Crippen molar-refractivity contribution in [3.63, 3.8) is 0 Å². The lowest BCUT2D eigenvalue weighted by Gasteiger charge is -2.26. The minimum Gasteiger partial charge on any atom is -0.490 e. The summed E-state index contributed by atoms with van der Waals surface area (Å²) in [5.74, 6) is 3.51. The molecule has 0 unspecified atom stereocenters. The molecule has 1 atom stereocenters. The normalized spacial score (nSPS) is 19.9. The van der Waals surface area contributed by atoms with Gasteiger partial charge in [0.1, 0.15) is 31.3 Å².